The molecule has 1 aliphatic heterocycles. The first-order valence-electron chi connectivity index (χ1n) is 5.69. The lowest BCUT2D eigenvalue weighted by Gasteiger charge is -2.32. The van der Waals surface area contributed by atoms with Crippen molar-refractivity contribution in [2.45, 2.75) is 18.9 Å². The minimum atomic E-state index is -3.36. The van der Waals surface area contributed by atoms with Crippen LogP contribution in [0.5, 0.6) is 0 Å². The van der Waals surface area contributed by atoms with Crippen molar-refractivity contribution in [3.05, 3.63) is 0 Å². The van der Waals surface area contributed by atoms with E-state index in [-0.39, 0.29) is 12.6 Å². The second-order valence-corrected chi connectivity index (χ2v) is 6.17. The fourth-order valence-corrected chi connectivity index (χ4v) is 3.26. The van der Waals surface area contributed by atoms with Crippen LogP contribution in [-0.2, 0) is 15.0 Å². The second kappa shape index (κ2) is 4.89. The van der Waals surface area contributed by atoms with Crippen LogP contribution in [0.15, 0.2) is 0 Å². The fraction of sp³-hybridized carbons (Fsp3) is 0.889. The van der Waals surface area contributed by atoms with Crippen molar-refractivity contribution in [1.29, 1.82) is 0 Å². The molecule has 0 atom stereocenters. The smallest absolute Gasteiger partial charge is 0.317 e. The second-order valence-electron chi connectivity index (χ2n) is 4.47. The molecule has 0 amide bonds. The van der Waals surface area contributed by atoms with Crippen molar-refractivity contribution in [2.24, 2.45) is 0 Å². The average Bonchev–Trinajstić information content (AvgIpc) is 3.01. The maximum atomic E-state index is 11.8. The van der Waals surface area contributed by atoms with Crippen LogP contribution >= 0.6 is 0 Å². The van der Waals surface area contributed by atoms with Gasteiger partial charge in [-0.2, -0.15) is 17.4 Å². The van der Waals surface area contributed by atoms with Gasteiger partial charge in [0.1, 0.15) is 0 Å². The average molecular weight is 263 g/mol. The van der Waals surface area contributed by atoms with Crippen LogP contribution in [0.1, 0.15) is 12.8 Å². The Morgan fingerprint density at radius 2 is 1.82 bits per heavy atom. The Balaban J connectivity index is 1.83. The van der Waals surface area contributed by atoms with Gasteiger partial charge in [-0.25, -0.2) is 0 Å². The van der Waals surface area contributed by atoms with Gasteiger partial charge in [0.25, 0.3) is 10.2 Å². The molecule has 2 fully saturated rings. The Kier molecular flexibility index (Phi) is 3.67. The van der Waals surface area contributed by atoms with Crippen LogP contribution in [0.4, 0.5) is 0 Å². The van der Waals surface area contributed by atoms with Gasteiger partial charge >= 0.3 is 5.97 Å². The van der Waals surface area contributed by atoms with E-state index in [0.717, 1.165) is 12.8 Å². The summed E-state index contributed by atoms with van der Waals surface area (Å²) in [6.45, 7) is 1.63. The highest BCUT2D eigenvalue weighted by Gasteiger charge is 2.32. The molecule has 0 radical (unpaired) electrons. The van der Waals surface area contributed by atoms with E-state index in [2.05, 4.69) is 4.72 Å². The van der Waals surface area contributed by atoms with Gasteiger partial charge in [-0.15, -0.1) is 0 Å². The Labute approximate surface area is 101 Å². The highest BCUT2D eigenvalue weighted by Crippen LogP contribution is 2.21. The molecule has 98 valence electrons. The van der Waals surface area contributed by atoms with E-state index in [9.17, 15) is 13.2 Å². The largest absolute Gasteiger partial charge is 0.480 e. The summed E-state index contributed by atoms with van der Waals surface area (Å²) in [6.07, 6.45) is 1.83. The molecule has 1 heterocycles. The molecule has 2 rings (SSSR count). The molecule has 2 N–H and O–H groups in total. The van der Waals surface area contributed by atoms with E-state index in [0.29, 0.717) is 26.2 Å². The number of rotatable bonds is 5. The first kappa shape index (κ1) is 12.7. The number of carboxylic acid groups (broad SMARTS) is 1. The van der Waals surface area contributed by atoms with Crippen molar-refractivity contribution in [1.82, 2.24) is 13.9 Å². The highest BCUT2D eigenvalue weighted by molar-refractivity contribution is 7.87. The molecule has 0 unspecified atom stereocenters. The monoisotopic (exact) mass is 263 g/mol. The van der Waals surface area contributed by atoms with Gasteiger partial charge in [-0.3, -0.25) is 9.69 Å². The lowest BCUT2D eigenvalue weighted by Crippen LogP contribution is -2.53. The Morgan fingerprint density at radius 3 is 2.29 bits per heavy atom. The topological polar surface area (TPSA) is 90.0 Å². The fourth-order valence-electron chi connectivity index (χ4n) is 1.81. The van der Waals surface area contributed by atoms with Crippen molar-refractivity contribution in [3.63, 3.8) is 0 Å². The maximum Gasteiger partial charge on any atom is 0.317 e. The SMILES string of the molecule is O=C(O)CN1CCN(S(=O)(=O)NC2CC2)CC1. The molecule has 8 heteroatoms. The zero-order valence-corrected chi connectivity index (χ0v) is 10.3. The molecule has 1 saturated heterocycles. The molecule has 0 bridgehead atoms. The van der Waals surface area contributed by atoms with Gasteiger partial charge in [-0.1, -0.05) is 0 Å². The summed E-state index contributed by atoms with van der Waals surface area (Å²) in [6, 6.07) is 0.108. The van der Waals surface area contributed by atoms with Crippen LogP contribution in [-0.4, -0.2) is 67.5 Å². The molecule has 0 aromatic heterocycles. The third kappa shape index (κ3) is 3.63. The van der Waals surface area contributed by atoms with Crippen molar-refractivity contribution in [3.8, 4) is 0 Å². The number of carboxylic acids is 1. The van der Waals surface area contributed by atoms with Gasteiger partial charge in [0.15, 0.2) is 0 Å². The predicted molar refractivity (Wildman–Crippen MR) is 60.7 cm³/mol. The van der Waals surface area contributed by atoms with E-state index in [1.807, 2.05) is 0 Å². The van der Waals surface area contributed by atoms with Crippen LogP contribution < -0.4 is 4.72 Å². The summed E-state index contributed by atoms with van der Waals surface area (Å²) in [5.74, 6) is -0.877. The zero-order chi connectivity index (χ0) is 12.5. The summed E-state index contributed by atoms with van der Waals surface area (Å²) in [5.41, 5.74) is 0. The molecule has 0 aromatic carbocycles. The third-order valence-corrected chi connectivity index (χ3v) is 4.60. The van der Waals surface area contributed by atoms with Gasteiger partial charge < -0.3 is 5.11 Å². The van der Waals surface area contributed by atoms with Gasteiger partial charge in [0, 0.05) is 32.2 Å². The molecule has 1 aliphatic carbocycles. The summed E-state index contributed by atoms with van der Waals surface area (Å²) >= 11 is 0. The summed E-state index contributed by atoms with van der Waals surface area (Å²) in [7, 11) is -3.36. The first-order valence-corrected chi connectivity index (χ1v) is 7.13. The van der Waals surface area contributed by atoms with E-state index >= 15 is 0 Å². The minimum absolute atomic E-state index is 0.0239. The van der Waals surface area contributed by atoms with E-state index in [1.54, 1.807) is 4.90 Å². The van der Waals surface area contributed by atoms with Gasteiger partial charge in [0.2, 0.25) is 0 Å². The van der Waals surface area contributed by atoms with E-state index < -0.39 is 16.2 Å². The predicted octanol–water partition coefficient (Wildman–Crippen LogP) is -1.31. The number of nitrogens with one attached hydrogen (secondary N) is 1. The van der Waals surface area contributed by atoms with Crippen LogP contribution in [0.25, 0.3) is 0 Å². The van der Waals surface area contributed by atoms with E-state index in [1.165, 1.54) is 4.31 Å². The number of piperazine rings is 1. The van der Waals surface area contributed by atoms with Crippen molar-refractivity contribution in [2.75, 3.05) is 32.7 Å². The number of aliphatic carboxylic acids is 1. The van der Waals surface area contributed by atoms with E-state index in [4.69, 9.17) is 5.11 Å². The normalized spacial score (nSPS) is 23.8. The number of nitrogens with zero attached hydrogens (tertiary/aromatic N) is 2. The number of carbonyl (C=O) groups is 1. The first-order chi connectivity index (χ1) is 7.97. The molecular formula is C9H17N3O4S. The molecule has 0 aromatic rings. The lowest BCUT2D eigenvalue weighted by molar-refractivity contribution is -0.138. The Hall–Kier alpha value is -0.700. The number of hydrogen-bond donors (Lipinski definition) is 2. The molecule has 17 heavy (non-hydrogen) atoms. The zero-order valence-electron chi connectivity index (χ0n) is 9.50. The minimum Gasteiger partial charge on any atom is -0.480 e. The standard InChI is InChI=1S/C9H17N3O4S/c13-9(14)7-11-3-5-12(6-4-11)17(15,16)10-8-1-2-8/h8,10H,1-7H2,(H,13,14). The summed E-state index contributed by atoms with van der Waals surface area (Å²) in [5, 5.41) is 8.63. The van der Waals surface area contributed by atoms with Crippen LogP contribution in [0.2, 0.25) is 0 Å². The van der Waals surface area contributed by atoms with Crippen molar-refractivity contribution < 1.29 is 18.3 Å². The van der Waals surface area contributed by atoms with Crippen LogP contribution in [0.3, 0.4) is 0 Å². The number of hydrogen-bond acceptors (Lipinski definition) is 4. The van der Waals surface area contributed by atoms with Crippen molar-refractivity contribution >= 4 is 16.2 Å². The lowest BCUT2D eigenvalue weighted by atomic mass is 10.3. The molecule has 7 nitrogen and oxygen atoms in total. The summed E-state index contributed by atoms with van der Waals surface area (Å²) in [4.78, 5) is 12.3. The Bertz CT molecular complexity index is 385. The quantitative estimate of drug-likeness (QED) is 0.642. The summed E-state index contributed by atoms with van der Waals surface area (Å²) < 4.78 is 27.7. The molecule has 2 aliphatic rings. The third-order valence-electron chi connectivity index (χ3n) is 2.92. The Morgan fingerprint density at radius 1 is 1.24 bits per heavy atom. The van der Waals surface area contributed by atoms with Gasteiger partial charge in [0.05, 0.1) is 6.54 Å². The molecule has 0 spiro atoms. The molecular weight excluding hydrogens is 246 g/mol. The highest BCUT2D eigenvalue weighted by atomic mass is 32.2. The molecule has 1 saturated carbocycles. The maximum absolute atomic E-state index is 11.8. The van der Waals surface area contributed by atoms with Crippen LogP contribution in [0, 0.1) is 0 Å². The van der Waals surface area contributed by atoms with Gasteiger partial charge in [-0.05, 0) is 12.8 Å².